The molecule has 0 atom stereocenters. The lowest BCUT2D eigenvalue weighted by Gasteiger charge is -2.10. The molecule has 0 radical (unpaired) electrons. The summed E-state index contributed by atoms with van der Waals surface area (Å²) in [7, 11) is 0. The van der Waals surface area contributed by atoms with Gasteiger partial charge in [0.2, 0.25) is 0 Å². The van der Waals surface area contributed by atoms with Gasteiger partial charge in [-0.1, -0.05) is 23.2 Å². The third-order valence-electron chi connectivity index (χ3n) is 3.02. The molecule has 0 aliphatic heterocycles. The summed E-state index contributed by atoms with van der Waals surface area (Å²) in [6, 6.07) is 7.37. The van der Waals surface area contributed by atoms with E-state index >= 15 is 0 Å². The van der Waals surface area contributed by atoms with Crippen LogP contribution in [0.3, 0.4) is 0 Å². The Morgan fingerprint density at radius 3 is 2.39 bits per heavy atom. The van der Waals surface area contributed by atoms with Gasteiger partial charge in [0.15, 0.2) is 0 Å². The summed E-state index contributed by atoms with van der Waals surface area (Å²) >= 11 is 11.9. The van der Waals surface area contributed by atoms with Crippen LogP contribution in [0.5, 0.6) is 0 Å². The Labute approximate surface area is 115 Å². The number of halogens is 2. The lowest BCUT2D eigenvalue weighted by Crippen LogP contribution is -2.02. The van der Waals surface area contributed by atoms with Gasteiger partial charge in [0, 0.05) is 11.4 Å². The zero-order chi connectivity index (χ0) is 13.4. The summed E-state index contributed by atoms with van der Waals surface area (Å²) in [5.41, 5.74) is 9.09. The van der Waals surface area contributed by atoms with Crippen molar-refractivity contribution < 1.29 is 0 Å². The second-order valence-electron chi connectivity index (χ2n) is 4.02. The average molecular weight is 280 g/mol. The summed E-state index contributed by atoms with van der Waals surface area (Å²) in [6.07, 6.45) is 0. The Morgan fingerprint density at radius 1 is 1.22 bits per heavy atom. The molecule has 2 aromatic rings. The van der Waals surface area contributed by atoms with E-state index in [0.29, 0.717) is 21.4 Å². The van der Waals surface area contributed by atoms with Gasteiger partial charge in [0.25, 0.3) is 0 Å². The molecular formula is C13H11Cl2N3. The SMILES string of the molecule is Cc1c(C#N)c(N)n(-c2ccc(Cl)c(Cl)c2)c1C. The monoisotopic (exact) mass is 279 g/mol. The molecule has 0 unspecified atom stereocenters. The molecule has 3 nitrogen and oxygen atoms in total. The van der Waals surface area contributed by atoms with Crippen LogP contribution in [0.1, 0.15) is 16.8 Å². The molecule has 2 rings (SSSR count). The third-order valence-corrected chi connectivity index (χ3v) is 3.76. The van der Waals surface area contributed by atoms with Gasteiger partial charge in [0.1, 0.15) is 11.9 Å². The maximum Gasteiger partial charge on any atom is 0.126 e. The Balaban J connectivity index is 2.72. The minimum Gasteiger partial charge on any atom is -0.384 e. The van der Waals surface area contributed by atoms with E-state index in [1.165, 1.54) is 0 Å². The van der Waals surface area contributed by atoms with Gasteiger partial charge < -0.3 is 5.73 Å². The van der Waals surface area contributed by atoms with Crippen molar-refractivity contribution in [3.63, 3.8) is 0 Å². The number of anilines is 1. The van der Waals surface area contributed by atoms with E-state index in [1.54, 1.807) is 16.7 Å². The normalized spacial score (nSPS) is 10.4. The van der Waals surface area contributed by atoms with Crippen LogP contribution in [0.15, 0.2) is 18.2 Å². The van der Waals surface area contributed by atoms with E-state index in [-0.39, 0.29) is 0 Å². The van der Waals surface area contributed by atoms with Crippen LogP contribution in [-0.2, 0) is 0 Å². The van der Waals surface area contributed by atoms with E-state index in [0.717, 1.165) is 16.9 Å². The molecule has 2 N–H and O–H groups in total. The molecule has 92 valence electrons. The third kappa shape index (κ3) is 1.84. The summed E-state index contributed by atoms with van der Waals surface area (Å²) in [6.45, 7) is 3.79. The van der Waals surface area contributed by atoms with Crippen LogP contribution in [0.25, 0.3) is 5.69 Å². The van der Waals surface area contributed by atoms with E-state index < -0.39 is 0 Å². The average Bonchev–Trinajstić information content (AvgIpc) is 2.54. The Kier molecular flexibility index (Phi) is 3.25. The van der Waals surface area contributed by atoms with Crippen molar-refractivity contribution in [1.29, 1.82) is 5.26 Å². The fraction of sp³-hybridized carbons (Fsp3) is 0.154. The summed E-state index contributed by atoms with van der Waals surface area (Å²) < 4.78 is 1.80. The lowest BCUT2D eigenvalue weighted by molar-refractivity contribution is 1.02. The lowest BCUT2D eigenvalue weighted by atomic mass is 10.2. The van der Waals surface area contributed by atoms with Crippen molar-refractivity contribution in [3.05, 3.63) is 45.1 Å². The maximum atomic E-state index is 9.09. The summed E-state index contributed by atoms with van der Waals surface area (Å²) in [4.78, 5) is 0. The van der Waals surface area contributed by atoms with Gasteiger partial charge in [-0.2, -0.15) is 5.26 Å². The highest BCUT2D eigenvalue weighted by molar-refractivity contribution is 6.42. The molecule has 1 heterocycles. The molecule has 1 aromatic carbocycles. The first kappa shape index (κ1) is 12.8. The van der Waals surface area contributed by atoms with Crippen molar-refractivity contribution in [2.45, 2.75) is 13.8 Å². The van der Waals surface area contributed by atoms with E-state index in [2.05, 4.69) is 6.07 Å². The van der Waals surface area contributed by atoms with Crippen LogP contribution in [0.4, 0.5) is 5.82 Å². The predicted octanol–water partition coefficient (Wildman–Crippen LogP) is 3.85. The molecule has 18 heavy (non-hydrogen) atoms. The predicted molar refractivity (Wildman–Crippen MR) is 74.4 cm³/mol. The smallest absolute Gasteiger partial charge is 0.126 e. The van der Waals surface area contributed by atoms with Crippen LogP contribution >= 0.6 is 23.2 Å². The summed E-state index contributed by atoms with van der Waals surface area (Å²) in [5.74, 6) is 0.422. The van der Waals surface area contributed by atoms with Crippen molar-refractivity contribution in [3.8, 4) is 11.8 Å². The molecule has 5 heteroatoms. The topological polar surface area (TPSA) is 54.7 Å². The quantitative estimate of drug-likeness (QED) is 0.862. The highest BCUT2D eigenvalue weighted by atomic mass is 35.5. The minimum absolute atomic E-state index is 0.422. The number of hydrogen-bond acceptors (Lipinski definition) is 2. The number of nitrogens with two attached hydrogens (primary N) is 1. The van der Waals surface area contributed by atoms with Crippen LogP contribution in [-0.4, -0.2) is 4.57 Å². The fourth-order valence-electron chi connectivity index (χ4n) is 1.93. The minimum atomic E-state index is 0.422. The standard InChI is InChI=1S/C13H11Cl2N3/c1-7-8(2)18(13(17)10(7)6-16)9-3-4-11(14)12(15)5-9/h3-5H,17H2,1-2H3. The summed E-state index contributed by atoms with van der Waals surface area (Å²) in [5, 5.41) is 10.0. The number of nitrogens with zero attached hydrogens (tertiary/aromatic N) is 2. The number of benzene rings is 1. The van der Waals surface area contributed by atoms with Gasteiger partial charge in [0.05, 0.1) is 15.6 Å². The number of nitrogen functional groups attached to an aromatic ring is 1. The second kappa shape index (κ2) is 4.56. The molecule has 0 aliphatic rings. The molecule has 0 saturated carbocycles. The Morgan fingerprint density at radius 2 is 1.89 bits per heavy atom. The highest BCUT2D eigenvalue weighted by Gasteiger charge is 2.16. The van der Waals surface area contributed by atoms with Crippen LogP contribution in [0, 0.1) is 25.2 Å². The largest absolute Gasteiger partial charge is 0.384 e. The number of rotatable bonds is 1. The van der Waals surface area contributed by atoms with Gasteiger partial charge in [-0.15, -0.1) is 0 Å². The van der Waals surface area contributed by atoms with Gasteiger partial charge >= 0.3 is 0 Å². The molecule has 0 bridgehead atoms. The first-order valence-electron chi connectivity index (χ1n) is 5.30. The molecular weight excluding hydrogens is 269 g/mol. The zero-order valence-electron chi connectivity index (χ0n) is 9.96. The zero-order valence-corrected chi connectivity index (χ0v) is 11.5. The van der Waals surface area contributed by atoms with Crippen molar-refractivity contribution in [1.82, 2.24) is 4.57 Å². The molecule has 0 amide bonds. The van der Waals surface area contributed by atoms with Gasteiger partial charge in [-0.25, -0.2) is 0 Å². The van der Waals surface area contributed by atoms with E-state index in [1.807, 2.05) is 19.9 Å². The molecule has 1 aromatic heterocycles. The van der Waals surface area contributed by atoms with Crippen LogP contribution in [0.2, 0.25) is 10.0 Å². The Bertz CT molecular complexity index is 666. The van der Waals surface area contributed by atoms with Gasteiger partial charge in [-0.05, 0) is 37.6 Å². The van der Waals surface area contributed by atoms with Crippen LogP contribution < -0.4 is 5.73 Å². The molecule has 0 aliphatic carbocycles. The number of hydrogen-bond donors (Lipinski definition) is 1. The first-order chi connectivity index (χ1) is 8.47. The number of aromatic nitrogens is 1. The Hall–Kier alpha value is -1.63. The van der Waals surface area contributed by atoms with Gasteiger partial charge in [-0.3, -0.25) is 4.57 Å². The van der Waals surface area contributed by atoms with Crippen molar-refractivity contribution >= 4 is 29.0 Å². The van der Waals surface area contributed by atoms with E-state index in [9.17, 15) is 0 Å². The maximum absolute atomic E-state index is 9.09. The van der Waals surface area contributed by atoms with Crippen molar-refractivity contribution in [2.75, 3.05) is 5.73 Å². The molecule has 0 saturated heterocycles. The number of nitriles is 1. The first-order valence-corrected chi connectivity index (χ1v) is 6.06. The van der Waals surface area contributed by atoms with Crippen molar-refractivity contribution in [2.24, 2.45) is 0 Å². The second-order valence-corrected chi connectivity index (χ2v) is 4.83. The fourth-order valence-corrected chi connectivity index (χ4v) is 2.22. The molecule has 0 spiro atoms. The molecule has 0 fully saturated rings. The van der Waals surface area contributed by atoms with E-state index in [4.69, 9.17) is 34.2 Å². The highest BCUT2D eigenvalue weighted by Crippen LogP contribution is 2.30.